The highest BCUT2D eigenvalue weighted by Crippen LogP contribution is 2.03. The van der Waals surface area contributed by atoms with Gasteiger partial charge in [0.15, 0.2) is 4.30 Å². The molecule has 0 saturated carbocycles. The van der Waals surface area contributed by atoms with Crippen LogP contribution in [0.1, 0.15) is 0 Å². The molecule has 0 atom stereocenters. The van der Waals surface area contributed by atoms with Gasteiger partial charge in [-0.1, -0.05) is 71.2 Å². The molecule has 0 aliphatic heterocycles. The molecule has 0 unspecified atom stereocenters. The standard InChI is InChI=1S/C6H6.CHCl3.CH2O.H3N/c1-2-4-6-5-3-1;2-1(3)4;1-2;/h1-6H;1H;1H2;1H3. The maximum Gasteiger partial charge on any atom is 0.180 e. The van der Waals surface area contributed by atoms with Crippen LogP contribution in [0.25, 0.3) is 0 Å². The number of hydrogen-bond acceptors (Lipinski definition) is 2. The molecule has 1 aromatic carbocycles. The van der Waals surface area contributed by atoms with Crippen LogP contribution in [0.4, 0.5) is 0 Å². The lowest BCUT2D eigenvalue weighted by Crippen LogP contribution is -1.55. The van der Waals surface area contributed by atoms with Gasteiger partial charge in [-0.05, 0) is 0 Å². The Morgan fingerprint density at radius 3 is 0.923 bits per heavy atom. The van der Waals surface area contributed by atoms with E-state index in [0.717, 1.165) is 0 Å². The molecule has 2 nitrogen and oxygen atoms in total. The van der Waals surface area contributed by atoms with Crippen LogP contribution in [-0.4, -0.2) is 11.1 Å². The van der Waals surface area contributed by atoms with Gasteiger partial charge in [-0.15, -0.1) is 0 Å². The molecule has 0 radical (unpaired) electrons. The van der Waals surface area contributed by atoms with Crippen LogP contribution in [-0.2, 0) is 4.79 Å². The van der Waals surface area contributed by atoms with Gasteiger partial charge in [0.25, 0.3) is 0 Å². The highest BCUT2D eigenvalue weighted by Gasteiger charge is 1.78. The van der Waals surface area contributed by atoms with Crippen LogP contribution in [0, 0.1) is 0 Å². The molecular formula is C8H12Cl3NO. The van der Waals surface area contributed by atoms with E-state index < -0.39 is 4.30 Å². The zero-order chi connectivity index (χ0) is 9.82. The van der Waals surface area contributed by atoms with Crippen molar-refractivity contribution in [1.29, 1.82) is 0 Å². The quantitative estimate of drug-likeness (QED) is 0.708. The van der Waals surface area contributed by atoms with Crippen molar-refractivity contribution in [2.75, 3.05) is 0 Å². The van der Waals surface area contributed by atoms with Gasteiger partial charge in [0.05, 0.1) is 0 Å². The molecule has 0 aromatic heterocycles. The van der Waals surface area contributed by atoms with Crippen molar-refractivity contribution in [2.24, 2.45) is 0 Å². The summed E-state index contributed by atoms with van der Waals surface area (Å²) < 4.78 is -0.750. The Labute approximate surface area is 93.4 Å². The van der Waals surface area contributed by atoms with E-state index in [1.807, 2.05) is 43.2 Å². The predicted octanol–water partition coefficient (Wildman–Crippen LogP) is 3.65. The van der Waals surface area contributed by atoms with Crippen molar-refractivity contribution < 1.29 is 4.79 Å². The molecule has 0 heterocycles. The first kappa shape index (κ1) is 18.5. The van der Waals surface area contributed by atoms with Crippen LogP contribution in [0.15, 0.2) is 36.4 Å². The van der Waals surface area contributed by atoms with Gasteiger partial charge >= 0.3 is 0 Å². The van der Waals surface area contributed by atoms with Crippen molar-refractivity contribution in [3.05, 3.63) is 36.4 Å². The lowest BCUT2D eigenvalue weighted by atomic mass is 10.4. The summed E-state index contributed by atoms with van der Waals surface area (Å²) in [7, 11) is 0. The molecule has 1 aromatic rings. The first-order chi connectivity index (χ1) is 5.73. The zero-order valence-electron chi connectivity index (χ0n) is 7.00. The fraction of sp³-hybridized carbons (Fsp3) is 0.125. The molecule has 5 heteroatoms. The summed E-state index contributed by atoms with van der Waals surface area (Å²) in [4.78, 5) is 8.00. The second kappa shape index (κ2) is 17.7. The Bertz CT molecular complexity index is 131. The summed E-state index contributed by atoms with van der Waals surface area (Å²) >= 11 is 14.4. The second-order valence-electron chi connectivity index (χ2n) is 1.40. The Balaban J connectivity index is -0.000000128. The van der Waals surface area contributed by atoms with Gasteiger partial charge in [0, 0.05) is 0 Å². The number of halogens is 3. The van der Waals surface area contributed by atoms with E-state index in [9.17, 15) is 0 Å². The smallest absolute Gasteiger partial charge is 0.180 e. The highest BCUT2D eigenvalue weighted by atomic mass is 35.6. The minimum absolute atomic E-state index is 0. The van der Waals surface area contributed by atoms with E-state index in [4.69, 9.17) is 39.6 Å². The highest BCUT2D eigenvalue weighted by molar-refractivity contribution is 6.63. The van der Waals surface area contributed by atoms with E-state index in [1.54, 1.807) is 0 Å². The fourth-order valence-electron chi connectivity index (χ4n) is 0.385. The molecule has 13 heavy (non-hydrogen) atoms. The molecule has 0 spiro atoms. The maximum absolute atomic E-state index is 8.00. The van der Waals surface area contributed by atoms with Crippen LogP contribution >= 0.6 is 34.8 Å². The first-order valence-electron chi connectivity index (χ1n) is 2.94. The molecule has 3 N–H and O–H groups in total. The first-order valence-corrected chi connectivity index (χ1v) is 4.25. The Hall–Kier alpha value is -0.280. The zero-order valence-corrected chi connectivity index (χ0v) is 9.27. The van der Waals surface area contributed by atoms with Gasteiger partial charge in [-0.25, -0.2) is 0 Å². The van der Waals surface area contributed by atoms with Crippen molar-refractivity contribution >= 4 is 41.6 Å². The summed E-state index contributed by atoms with van der Waals surface area (Å²) in [6.45, 7) is 2.00. The van der Waals surface area contributed by atoms with Crippen LogP contribution < -0.4 is 6.15 Å². The van der Waals surface area contributed by atoms with Crippen molar-refractivity contribution in [3.63, 3.8) is 0 Å². The van der Waals surface area contributed by atoms with Gasteiger partial charge in [0.2, 0.25) is 0 Å². The second-order valence-corrected chi connectivity index (χ2v) is 3.38. The third-order valence-corrected chi connectivity index (χ3v) is 0.667. The van der Waals surface area contributed by atoms with E-state index in [1.165, 1.54) is 0 Å². The summed E-state index contributed by atoms with van der Waals surface area (Å²) in [5.74, 6) is 0. The molecule has 0 aliphatic rings. The summed E-state index contributed by atoms with van der Waals surface area (Å²) in [5, 5.41) is 0. The molecule has 1 rings (SSSR count). The van der Waals surface area contributed by atoms with Gasteiger partial charge in [-0.2, -0.15) is 0 Å². The number of alkyl halides is 3. The minimum Gasteiger partial charge on any atom is -0.344 e. The molecule has 0 aliphatic carbocycles. The van der Waals surface area contributed by atoms with Gasteiger partial charge in [-0.3, -0.25) is 0 Å². The van der Waals surface area contributed by atoms with Gasteiger partial charge < -0.3 is 10.9 Å². The third kappa shape index (κ3) is 33.8. The normalized spacial score (nSPS) is 6.77. The van der Waals surface area contributed by atoms with Crippen molar-refractivity contribution in [3.8, 4) is 0 Å². The average molecular weight is 245 g/mol. The number of hydrogen-bond donors (Lipinski definition) is 1. The maximum atomic E-state index is 8.00. The molecule has 0 amide bonds. The Kier molecular flexibility index (Phi) is 25.2. The molecule has 0 fully saturated rings. The van der Waals surface area contributed by atoms with Crippen LogP contribution in [0.5, 0.6) is 0 Å². The Morgan fingerprint density at radius 1 is 0.769 bits per heavy atom. The third-order valence-electron chi connectivity index (χ3n) is 0.667. The molecular weight excluding hydrogens is 232 g/mol. The SMILES string of the molecule is C=O.ClC(Cl)Cl.N.c1ccccc1. The molecule has 0 bridgehead atoms. The average Bonchev–Trinajstić information content (AvgIpc) is 2.10. The monoisotopic (exact) mass is 243 g/mol. The van der Waals surface area contributed by atoms with Crippen LogP contribution in [0.3, 0.4) is 0 Å². The van der Waals surface area contributed by atoms with Gasteiger partial charge in [0.1, 0.15) is 6.79 Å². The van der Waals surface area contributed by atoms with Crippen LogP contribution in [0.2, 0.25) is 0 Å². The van der Waals surface area contributed by atoms with E-state index in [2.05, 4.69) is 0 Å². The largest absolute Gasteiger partial charge is 0.344 e. The lowest BCUT2D eigenvalue weighted by molar-refractivity contribution is -0.0979. The van der Waals surface area contributed by atoms with Crippen molar-refractivity contribution in [2.45, 2.75) is 4.30 Å². The lowest BCUT2D eigenvalue weighted by Gasteiger charge is -1.69. The summed E-state index contributed by atoms with van der Waals surface area (Å²) in [6.07, 6.45) is 0. The number of carbonyl (C=O) groups excluding carboxylic acids is 1. The predicted molar refractivity (Wildman–Crippen MR) is 59.9 cm³/mol. The number of carbonyl (C=O) groups is 1. The fourth-order valence-corrected chi connectivity index (χ4v) is 0.385. The number of rotatable bonds is 0. The topological polar surface area (TPSA) is 52.1 Å². The van der Waals surface area contributed by atoms with E-state index in [-0.39, 0.29) is 6.15 Å². The molecule has 0 saturated heterocycles. The summed E-state index contributed by atoms with van der Waals surface area (Å²) in [6, 6.07) is 12.0. The Morgan fingerprint density at radius 2 is 0.846 bits per heavy atom. The minimum atomic E-state index is -0.750. The summed E-state index contributed by atoms with van der Waals surface area (Å²) in [5.41, 5.74) is 0. The van der Waals surface area contributed by atoms with E-state index >= 15 is 0 Å². The number of benzene rings is 1. The van der Waals surface area contributed by atoms with Crippen molar-refractivity contribution in [1.82, 2.24) is 6.15 Å². The molecule has 76 valence electrons. The van der Waals surface area contributed by atoms with E-state index in [0.29, 0.717) is 0 Å².